The van der Waals surface area contributed by atoms with E-state index in [-0.39, 0.29) is 16.8 Å². The van der Waals surface area contributed by atoms with Gasteiger partial charge in [0.25, 0.3) is 5.91 Å². The third kappa shape index (κ3) is 4.59. The van der Waals surface area contributed by atoms with Crippen LogP contribution in [0.15, 0.2) is 59.1 Å². The molecule has 1 heterocycles. The summed E-state index contributed by atoms with van der Waals surface area (Å²) < 4.78 is 6.89. The van der Waals surface area contributed by atoms with Gasteiger partial charge in [0.2, 0.25) is 0 Å². The molecule has 0 radical (unpaired) electrons. The molecule has 0 spiro atoms. The summed E-state index contributed by atoms with van der Waals surface area (Å²) in [6.45, 7) is 1.80. The van der Waals surface area contributed by atoms with Crippen molar-refractivity contribution in [3.8, 4) is 22.1 Å². The number of hydrogen-bond donors (Lipinski definition) is 3. The minimum absolute atomic E-state index is 0.141. The van der Waals surface area contributed by atoms with Crippen molar-refractivity contribution in [2.45, 2.75) is 6.92 Å². The molecule has 32 heavy (non-hydrogen) atoms. The molecule has 0 unspecified atom stereocenters. The van der Waals surface area contributed by atoms with Gasteiger partial charge in [0.05, 0.1) is 27.4 Å². The Labute approximate surface area is 202 Å². The van der Waals surface area contributed by atoms with Gasteiger partial charge in [-0.3, -0.25) is 10.1 Å². The van der Waals surface area contributed by atoms with Gasteiger partial charge < -0.3 is 15.2 Å². The molecule has 0 bridgehead atoms. The maximum absolute atomic E-state index is 12.6. The predicted molar refractivity (Wildman–Crippen MR) is 136 cm³/mol. The van der Waals surface area contributed by atoms with Crippen LogP contribution in [0.5, 0.6) is 11.5 Å². The Hall–Kier alpha value is -3.01. The highest BCUT2D eigenvalue weighted by Crippen LogP contribution is 2.38. The van der Waals surface area contributed by atoms with Crippen LogP contribution in [-0.2, 0) is 0 Å². The average Bonchev–Trinajstić information content (AvgIpc) is 3.20. The molecule has 4 aromatic rings. The van der Waals surface area contributed by atoms with Crippen LogP contribution in [0.3, 0.4) is 0 Å². The molecule has 162 valence electrons. The van der Waals surface area contributed by atoms with Gasteiger partial charge >= 0.3 is 0 Å². The highest BCUT2D eigenvalue weighted by atomic mass is 79.9. The summed E-state index contributed by atoms with van der Waals surface area (Å²) in [7, 11) is 1.56. The Morgan fingerprint density at radius 1 is 1.19 bits per heavy atom. The number of aryl methyl sites for hydroxylation is 1. The summed E-state index contributed by atoms with van der Waals surface area (Å²) in [6, 6.07) is 16.3. The Balaban J connectivity index is 1.54. The van der Waals surface area contributed by atoms with E-state index < -0.39 is 0 Å². The molecule has 9 heteroatoms. The second-order valence-electron chi connectivity index (χ2n) is 6.93. The number of fused-ring (bicyclic) bond motifs is 1. The van der Waals surface area contributed by atoms with Gasteiger partial charge in [0, 0.05) is 11.3 Å². The third-order valence-corrected chi connectivity index (χ3v) is 6.62. The normalized spacial score (nSPS) is 10.7. The maximum Gasteiger partial charge on any atom is 0.257 e. The van der Waals surface area contributed by atoms with Gasteiger partial charge in [-0.15, -0.1) is 11.3 Å². The molecule has 3 aromatic carbocycles. The van der Waals surface area contributed by atoms with E-state index in [0.717, 1.165) is 10.2 Å². The smallest absolute Gasteiger partial charge is 0.257 e. The number of methoxy groups -OCH3 is 1. The van der Waals surface area contributed by atoms with E-state index >= 15 is 0 Å². The molecule has 4 rings (SSSR count). The zero-order valence-electron chi connectivity index (χ0n) is 17.1. The van der Waals surface area contributed by atoms with Crippen molar-refractivity contribution >= 4 is 66.4 Å². The number of carbonyl (C=O) groups is 1. The lowest BCUT2D eigenvalue weighted by Gasteiger charge is -2.13. The van der Waals surface area contributed by atoms with Crippen LogP contribution in [0.1, 0.15) is 15.9 Å². The summed E-state index contributed by atoms with van der Waals surface area (Å²) in [5, 5.41) is 17.2. The Morgan fingerprint density at radius 3 is 2.69 bits per heavy atom. The fraction of sp³-hybridized carbons (Fsp3) is 0.0870. The molecule has 6 nitrogen and oxygen atoms in total. The van der Waals surface area contributed by atoms with Gasteiger partial charge in [-0.25, -0.2) is 4.98 Å². The number of carbonyl (C=O) groups excluding carboxylic acids is 1. The molecule has 0 saturated heterocycles. The number of nitrogens with one attached hydrogen (secondary N) is 2. The van der Waals surface area contributed by atoms with E-state index in [1.54, 1.807) is 44.4 Å². The minimum atomic E-state index is -0.354. The number of benzene rings is 3. The van der Waals surface area contributed by atoms with Gasteiger partial charge in [0.15, 0.2) is 5.11 Å². The number of aromatic hydroxyl groups is 1. The second kappa shape index (κ2) is 9.23. The largest absolute Gasteiger partial charge is 0.507 e. The average molecular weight is 528 g/mol. The number of phenols is 1. The topological polar surface area (TPSA) is 83.5 Å². The molecule has 0 aliphatic carbocycles. The summed E-state index contributed by atoms with van der Waals surface area (Å²) in [4.78, 5) is 17.2. The number of halogens is 1. The first kappa shape index (κ1) is 22.2. The highest BCUT2D eigenvalue weighted by Gasteiger charge is 2.15. The first-order valence-electron chi connectivity index (χ1n) is 9.51. The number of rotatable bonds is 4. The molecule has 0 atom stereocenters. The molecule has 0 aliphatic rings. The van der Waals surface area contributed by atoms with Crippen LogP contribution in [0.2, 0.25) is 0 Å². The van der Waals surface area contributed by atoms with Gasteiger partial charge in [-0.1, -0.05) is 12.1 Å². The third-order valence-electron chi connectivity index (χ3n) is 4.72. The van der Waals surface area contributed by atoms with E-state index in [2.05, 4.69) is 31.5 Å². The summed E-state index contributed by atoms with van der Waals surface area (Å²) in [5.41, 5.74) is 3.20. The molecular formula is C23H18BrN3O3S2. The van der Waals surface area contributed by atoms with E-state index in [4.69, 9.17) is 17.0 Å². The number of nitrogens with zero attached hydrogens (tertiary/aromatic N) is 1. The van der Waals surface area contributed by atoms with E-state index in [1.807, 2.05) is 24.3 Å². The van der Waals surface area contributed by atoms with Crippen molar-refractivity contribution in [1.29, 1.82) is 0 Å². The molecule has 0 saturated carbocycles. The number of aromatic nitrogens is 1. The van der Waals surface area contributed by atoms with Crippen LogP contribution in [0.25, 0.3) is 20.8 Å². The first-order valence-corrected chi connectivity index (χ1v) is 11.5. The maximum atomic E-state index is 12.6. The van der Waals surface area contributed by atoms with Gasteiger partial charge in [0.1, 0.15) is 16.5 Å². The standard InChI is InChI=1S/C23H18BrN3O3S2/c1-12-9-14(11-15(20(12)28)22-26-17-5-3-4-6-19(17)32-22)25-23(31)27-21(29)13-7-8-18(30-2)16(24)10-13/h3-11,28H,1-2H3,(H2,25,27,29,31). The Kier molecular flexibility index (Phi) is 6.40. The van der Waals surface area contributed by atoms with E-state index in [9.17, 15) is 9.90 Å². The van der Waals surface area contributed by atoms with Crippen molar-refractivity contribution in [2.24, 2.45) is 0 Å². The van der Waals surface area contributed by atoms with Crippen LogP contribution >= 0.6 is 39.5 Å². The monoisotopic (exact) mass is 527 g/mol. The number of anilines is 1. The fourth-order valence-electron chi connectivity index (χ4n) is 3.15. The number of phenolic OH excluding ortho intramolecular Hbond substituents is 1. The van der Waals surface area contributed by atoms with Crippen molar-refractivity contribution in [3.63, 3.8) is 0 Å². The molecule has 1 aromatic heterocycles. The molecule has 1 amide bonds. The molecular weight excluding hydrogens is 510 g/mol. The quantitative estimate of drug-likeness (QED) is 0.227. The minimum Gasteiger partial charge on any atom is -0.507 e. The van der Waals surface area contributed by atoms with E-state index in [1.165, 1.54) is 11.3 Å². The lowest BCUT2D eigenvalue weighted by Crippen LogP contribution is -2.34. The summed E-state index contributed by atoms with van der Waals surface area (Å²) >= 11 is 10.2. The SMILES string of the molecule is COc1ccc(C(=O)NC(=S)Nc2cc(C)c(O)c(-c3nc4ccccc4s3)c2)cc1Br. The number of para-hydroxylation sites is 1. The lowest BCUT2D eigenvalue weighted by atomic mass is 10.1. The van der Waals surface area contributed by atoms with Crippen LogP contribution in [0.4, 0.5) is 5.69 Å². The highest BCUT2D eigenvalue weighted by molar-refractivity contribution is 9.10. The van der Waals surface area contributed by atoms with Crippen LogP contribution in [0, 0.1) is 6.92 Å². The first-order chi connectivity index (χ1) is 15.4. The molecule has 0 aliphatic heterocycles. The Morgan fingerprint density at radius 2 is 1.97 bits per heavy atom. The number of ether oxygens (including phenoxy) is 1. The van der Waals surface area contributed by atoms with Crippen molar-refractivity contribution in [1.82, 2.24) is 10.3 Å². The Bertz CT molecular complexity index is 1320. The fourth-order valence-corrected chi connectivity index (χ4v) is 4.88. The summed E-state index contributed by atoms with van der Waals surface area (Å²) in [5.74, 6) is 0.435. The van der Waals surface area contributed by atoms with Gasteiger partial charge in [-0.05, 0) is 83.1 Å². The molecule has 0 fully saturated rings. The number of thiocarbonyl (C=S) groups is 1. The van der Waals surface area contributed by atoms with Crippen LogP contribution in [-0.4, -0.2) is 28.2 Å². The second-order valence-corrected chi connectivity index (χ2v) is 9.23. The van der Waals surface area contributed by atoms with Crippen molar-refractivity contribution in [2.75, 3.05) is 12.4 Å². The molecule has 3 N–H and O–H groups in total. The van der Waals surface area contributed by atoms with Crippen LogP contribution < -0.4 is 15.4 Å². The number of amides is 1. The summed E-state index contributed by atoms with van der Waals surface area (Å²) in [6.07, 6.45) is 0. The predicted octanol–water partition coefficient (Wildman–Crippen LogP) is 5.88. The van der Waals surface area contributed by atoms with Gasteiger partial charge in [-0.2, -0.15) is 0 Å². The van der Waals surface area contributed by atoms with E-state index in [0.29, 0.717) is 37.6 Å². The van der Waals surface area contributed by atoms with Crippen molar-refractivity contribution < 1.29 is 14.6 Å². The number of hydrogen-bond acceptors (Lipinski definition) is 6. The number of thiazole rings is 1. The zero-order chi connectivity index (χ0) is 22.8. The van der Waals surface area contributed by atoms with Crippen molar-refractivity contribution in [3.05, 3.63) is 70.2 Å². The lowest BCUT2D eigenvalue weighted by molar-refractivity contribution is 0.0977. The zero-order valence-corrected chi connectivity index (χ0v) is 20.3.